The predicted octanol–water partition coefficient (Wildman–Crippen LogP) is 4.83. The van der Waals surface area contributed by atoms with Crippen molar-refractivity contribution in [1.82, 2.24) is 14.5 Å². The maximum absolute atomic E-state index is 13.6. The van der Waals surface area contributed by atoms with Gasteiger partial charge >= 0.3 is 0 Å². The summed E-state index contributed by atoms with van der Waals surface area (Å²) in [7, 11) is 0. The zero-order valence-electron chi connectivity index (χ0n) is 20.8. The lowest BCUT2D eigenvalue weighted by molar-refractivity contribution is -0.130. The molecule has 3 aromatic carbocycles. The molecule has 4 aromatic rings. The highest BCUT2D eigenvalue weighted by molar-refractivity contribution is 8.00. The predicted molar refractivity (Wildman–Crippen MR) is 147 cm³/mol. The van der Waals surface area contributed by atoms with Crippen molar-refractivity contribution in [3.63, 3.8) is 0 Å². The highest BCUT2D eigenvalue weighted by Gasteiger charge is 2.27. The number of piperazine rings is 1. The van der Waals surface area contributed by atoms with Gasteiger partial charge in [0, 0.05) is 31.9 Å². The first-order chi connectivity index (χ1) is 17.4. The number of nitrogens with zero attached hydrogens (tertiary/aromatic N) is 4. The Balaban J connectivity index is 1.41. The summed E-state index contributed by atoms with van der Waals surface area (Å²) in [5.41, 5.74) is 4.73. The van der Waals surface area contributed by atoms with Crippen LogP contribution in [0.25, 0.3) is 16.6 Å². The molecule has 0 radical (unpaired) electrons. The van der Waals surface area contributed by atoms with E-state index in [4.69, 9.17) is 4.98 Å². The van der Waals surface area contributed by atoms with Crippen LogP contribution in [0, 0.1) is 13.8 Å². The maximum Gasteiger partial charge on any atom is 0.266 e. The molecule has 184 valence electrons. The Labute approximate surface area is 215 Å². The summed E-state index contributed by atoms with van der Waals surface area (Å²) in [4.78, 5) is 36.1. The minimum absolute atomic E-state index is 0.0711. The van der Waals surface area contributed by atoms with Crippen LogP contribution in [-0.2, 0) is 4.79 Å². The Kier molecular flexibility index (Phi) is 6.83. The Morgan fingerprint density at radius 2 is 1.56 bits per heavy atom. The molecule has 1 fully saturated rings. The van der Waals surface area contributed by atoms with E-state index in [1.807, 2.05) is 73.3 Å². The van der Waals surface area contributed by atoms with E-state index >= 15 is 0 Å². The molecule has 1 aliphatic rings. The molecule has 0 N–H and O–H groups in total. The number of fused-ring (bicyclic) bond motifs is 1. The number of hydrogen-bond acceptors (Lipinski definition) is 5. The SMILES string of the molecule is Cc1ccc(-n2c(SC(C)C(=O)N3CCN(c4ccccc4)CC3)nc3ccccc3c2=O)cc1C. The molecule has 1 aliphatic heterocycles. The van der Waals surface area contributed by atoms with Gasteiger partial charge in [-0.3, -0.25) is 14.2 Å². The minimum Gasteiger partial charge on any atom is -0.368 e. The normalized spacial score (nSPS) is 14.8. The third-order valence-electron chi connectivity index (χ3n) is 6.84. The van der Waals surface area contributed by atoms with Gasteiger partial charge in [-0.25, -0.2) is 4.98 Å². The molecule has 7 heteroatoms. The summed E-state index contributed by atoms with van der Waals surface area (Å²) in [5.74, 6) is 0.0711. The summed E-state index contributed by atoms with van der Waals surface area (Å²) in [5, 5.41) is 0.723. The highest BCUT2D eigenvalue weighted by Crippen LogP contribution is 2.27. The Morgan fingerprint density at radius 1 is 0.861 bits per heavy atom. The number of para-hydroxylation sites is 2. The van der Waals surface area contributed by atoms with Crippen molar-refractivity contribution in [2.45, 2.75) is 31.2 Å². The lowest BCUT2D eigenvalue weighted by Crippen LogP contribution is -2.50. The fourth-order valence-corrected chi connectivity index (χ4v) is 5.58. The van der Waals surface area contributed by atoms with E-state index < -0.39 is 0 Å². The van der Waals surface area contributed by atoms with E-state index in [2.05, 4.69) is 24.0 Å². The number of amides is 1. The van der Waals surface area contributed by atoms with Gasteiger partial charge in [-0.15, -0.1) is 0 Å². The van der Waals surface area contributed by atoms with Crippen LogP contribution in [0.5, 0.6) is 0 Å². The number of anilines is 1. The first-order valence-corrected chi connectivity index (χ1v) is 13.1. The molecule has 0 aliphatic carbocycles. The average molecular weight is 499 g/mol. The molecule has 36 heavy (non-hydrogen) atoms. The lowest BCUT2D eigenvalue weighted by Gasteiger charge is -2.37. The number of thioether (sulfide) groups is 1. The number of carbonyl (C=O) groups excluding carboxylic acids is 1. The van der Waals surface area contributed by atoms with Crippen molar-refractivity contribution in [1.29, 1.82) is 0 Å². The highest BCUT2D eigenvalue weighted by atomic mass is 32.2. The van der Waals surface area contributed by atoms with Crippen molar-refractivity contribution in [3.8, 4) is 5.69 Å². The van der Waals surface area contributed by atoms with Crippen molar-refractivity contribution in [2.24, 2.45) is 0 Å². The van der Waals surface area contributed by atoms with Gasteiger partial charge < -0.3 is 9.80 Å². The van der Waals surface area contributed by atoms with Crippen LogP contribution in [0.4, 0.5) is 5.69 Å². The summed E-state index contributed by atoms with van der Waals surface area (Å²) >= 11 is 1.35. The number of benzene rings is 3. The van der Waals surface area contributed by atoms with E-state index in [-0.39, 0.29) is 16.7 Å². The second-order valence-corrected chi connectivity index (χ2v) is 10.5. The smallest absolute Gasteiger partial charge is 0.266 e. The zero-order valence-corrected chi connectivity index (χ0v) is 21.7. The van der Waals surface area contributed by atoms with Gasteiger partial charge in [0.25, 0.3) is 5.56 Å². The largest absolute Gasteiger partial charge is 0.368 e. The van der Waals surface area contributed by atoms with Crippen LogP contribution in [0.3, 0.4) is 0 Å². The first kappa shape index (κ1) is 24.1. The second-order valence-electron chi connectivity index (χ2n) is 9.23. The van der Waals surface area contributed by atoms with Crippen LogP contribution >= 0.6 is 11.8 Å². The zero-order chi connectivity index (χ0) is 25.2. The van der Waals surface area contributed by atoms with Gasteiger partial charge in [-0.05, 0) is 68.3 Å². The van der Waals surface area contributed by atoms with Gasteiger partial charge in [0.2, 0.25) is 5.91 Å². The topological polar surface area (TPSA) is 58.4 Å². The summed E-state index contributed by atoms with van der Waals surface area (Å²) in [6.07, 6.45) is 0. The minimum atomic E-state index is -0.376. The number of rotatable bonds is 5. The molecule has 5 rings (SSSR count). The first-order valence-electron chi connectivity index (χ1n) is 12.3. The number of hydrogen-bond donors (Lipinski definition) is 0. The van der Waals surface area contributed by atoms with Crippen LogP contribution in [0.2, 0.25) is 0 Å². The maximum atomic E-state index is 13.6. The molecular formula is C29H30N4O2S. The molecule has 6 nitrogen and oxygen atoms in total. The van der Waals surface area contributed by atoms with Crippen LogP contribution < -0.4 is 10.5 Å². The van der Waals surface area contributed by atoms with Gasteiger partial charge in [0.1, 0.15) is 0 Å². The van der Waals surface area contributed by atoms with Gasteiger partial charge in [0.15, 0.2) is 5.16 Å². The van der Waals surface area contributed by atoms with Crippen LogP contribution in [-0.4, -0.2) is 51.8 Å². The van der Waals surface area contributed by atoms with Gasteiger partial charge in [-0.2, -0.15) is 0 Å². The Bertz CT molecular complexity index is 1460. The standard InChI is InChI=1S/C29H30N4O2S/c1-20-13-14-24(19-21(20)2)33-28(35)25-11-7-8-12-26(25)30-29(33)36-22(3)27(34)32-17-15-31(16-18-32)23-9-5-4-6-10-23/h4-14,19,22H,15-18H2,1-3H3. The quantitative estimate of drug-likeness (QED) is 0.291. The van der Waals surface area contributed by atoms with E-state index in [1.165, 1.54) is 17.4 Å². The number of aryl methyl sites for hydroxylation is 2. The summed E-state index contributed by atoms with van der Waals surface area (Å²) in [6.45, 7) is 8.94. The lowest BCUT2D eigenvalue weighted by atomic mass is 10.1. The fraction of sp³-hybridized carbons (Fsp3) is 0.276. The van der Waals surface area contributed by atoms with Gasteiger partial charge in [0.05, 0.1) is 21.8 Å². The van der Waals surface area contributed by atoms with Crippen molar-refractivity contribution >= 4 is 34.3 Å². The number of aromatic nitrogens is 2. The molecular weight excluding hydrogens is 468 g/mol. The van der Waals surface area contributed by atoms with Crippen molar-refractivity contribution < 1.29 is 4.79 Å². The Hall–Kier alpha value is -3.58. The van der Waals surface area contributed by atoms with E-state index in [1.54, 1.807) is 10.6 Å². The van der Waals surface area contributed by atoms with E-state index in [9.17, 15) is 9.59 Å². The molecule has 2 heterocycles. The van der Waals surface area contributed by atoms with Gasteiger partial charge in [-0.1, -0.05) is 48.2 Å². The fourth-order valence-electron chi connectivity index (χ4n) is 4.57. The average Bonchev–Trinajstić information content (AvgIpc) is 2.91. The van der Waals surface area contributed by atoms with Crippen LogP contribution in [0.15, 0.2) is 82.7 Å². The van der Waals surface area contributed by atoms with E-state index in [0.29, 0.717) is 29.1 Å². The molecule has 0 bridgehead atoms. The second kappa shape index (κ2) is 10.2. The Morgan fingerprint density at radius 3 is 2.28 bits per heavy atom. The van der Waals surface area contributed by atoms with E-state index in [0.717, 1.165) is 29.9 Å². The molecule has 1 unspecified atom stereocenters. The number of carbonyl (C=O) groups is 1. The van der Waals surface area contributed by atoms with Crippen LogP contribution in [0.1, 0.15) is 18.1 Å². The molecule has 1 atom stereocenters. The summed E-state index contributed by atoms with van der Waals surface area (Å²) in [6, 6.07) is 23.6. The molecule has 0 saturated carbocycles. The molecule has 1 amide bonds. The third kappa shape index (κ3) is 4.75. The molecule has 1 saturated heterocycles. The van der Waals surface area contributed by atoms with Crippen molar-refractivity contribution in [3.05, 3.63) is 94.3 Å². The molecule has 0 spiro atoms. The third-order valence-corrected chi connectivity index (χ3v) is 7.88. The summed E-state index contributed by atoms with van der Waals surface area (Å²) < 4.78 is 1.65. The monoisotopic (exact) mass is 498 g/mol. The van der Waals surface area contributed by atoms with Crippen molar-refractivity contribution in [2.75, 3.05) is 31.1 Å². The molecule has 1 aromatic heterocycles.